The summed E-state index contributed by atoms with van der Waals surface area (Å²) < 4.78 is 64.8. The minimum atomic E-state index is -4.52. The molecule has 1 atom stereocenters. The van der Waals surface area contributed by atoms with Gasteiger partial charge in [-0.1, -0.05) is 54.3 Å². The van der Waals surface area contributed by atoms with Gasteiger partial charge in [-0.25, -0.2) is 0 Å². The van der Waals surface area contributed by atoms with Crippen LogP contribution in [0.4, 0.5) is 18.9 Å². The molecule has 0 amide bonds. The van der Waals surface area contributed by atoms with Gasteiger partial charge in [-0.2, -0.15) is 13.2 Å². The standard InChI is InChI=1S/C26H25F3NO3P/c1-3-32-34(31,33-4-2)25(30-23-15-10-14-22(19-23)26(27,28)29)24-16-9-8-13-21(24)18-17-20-11-6-5-7-12-20/h5-16,19,25,30H,3-4H2,1-2H3. The first-order valence-electron chi connectivity index (χ1n) is 10.8. The summed E-state index contributed by atoms with van der Waals surface area (Å²) in [5.41, 5.74) is 1.14. The molecule has 1 unspecified atom stereocenters. The first-order valence-corrected chi connectivity index (χ1v) is 12.4. The maximum atomic E-state index is 13.8. The third-order valence-electron chi connectivity index (χ3n) is 4.80. The lowest BCUT2D eigenvalue weighted by Gasteiger charge is -2.29. The quantitative estimate of drug-likeness (QED) is 0.264. The third kappa shape index (κ3) is 6.51. The van der Waals surface area contributed by atoms with Gasteiger partial charge < -0.3 is 14.4 Å². The van der Waals surface area contributed by atoms with E-state index in [2.05, 4.69) is 17.2 Å². The molecule has 0 fully saturated rings. The Labute approximate surface area is 197 Å². The Balaban J connectivity index is 2.11. The van der Waals surface area contributed by atoms with Crippen molar-refractivity contribution >= 4 is 13.3 Å². The first kappa shape index (κ1) is 25.6. The number of benzene rings is 3. The van der Waals surface area contributed by atoms with Crippen LogP contribution >= 0.6 is 7.60 Å². The minimum absolute atomic E-state index is 0.0932. The molecule has 0 aromatic heterocycles. The summed E-state index contributed by atoms with van der Waals surface area (Å²) in [5.74, 6) is 5.07. The number of anilines is 1. The molecule has 178 valence electrons. The molecule has 0 saturated heterocycles. The Kier molecular flexibility index (Phi) is 8.57. The van der Waals surface area contributed by atoms with Crippen molar-refractivity contribution in [3.63, 3.8) is 0 Å². The average Bonchev–Trinajstić information content (AvgIpc) is 2.82. The zero-order valence-electron chi connectivity index (χ0n) is 18.8. The van der Waals surface area contributed by atoms with E-state index in [1.54, 1.807) is 38.1 Å². The van der Waals surface area contributed by atoms with Crippen LogP contribution in [-0.2, 0) is 19.8 Å². The molecule has 0 heterocycles. The van der Waals surface area contributed by atoms with Crippen LogP contribution in [0.3, 0.4) is 0 Å². The fourth-order valence-electron chi connectivity index (χ4n) is 3.33. The molecule has 0 aliphatic heterocycles. The molecule has 0 saturated carbocycles. The van der Waals surface area contributed by atoms with Gasteiger partial charge in [0.25, 0.3) is 0 Å². The molecular formula is C26H25F3NO3P. The molecular weight excluding hydrogens is 462 g/mol. The second-order valence-corrected chi connectivity index (χ2v) is 9.32. The maximum absolute atomic E-state index is 13.8. The Morgan fingerprint density at radius 3 is 2.18 bits per heavy atom. The van der Waals surface area contributed by atoms with Gasteiger partial charge in [0.1, 0.15) is 0 Å². The van der Waals surface area contributed by atoms with Crippen molar-refractivity contribution in [2.45, 2.75) is 25.8 Å². The predicted molar refractivity (Wildman–Crippen MR) is 128 cm³/mol. The fraction of sp³-hybridized carbons (Fsp3) is 0.231. The monoisotopic (exact) mass is 487 g/mol. The zero-order valence-corrected chi connectivity index (χ0v) is 19.7. The van der Waals surface area contributed by atoms with Crippen molar-refractivity contribution in [3.05, 3.63) is 101 Å². The number of hydrogen-bond donors (Lipinski definition) is 1. The SMILES string of the molecule is CCOP(=O)(OCC)C(Nc1cccc(C(F)(F)F)c1)c1ccccc1C#Cc1ccccc1. The Hall–Kier alpha value is -3.04. The van der Waals surface area contributed by atoms with Crippen LogP contribution in [0.15, 0.2) is 78.9 Å². The summed E-state index contributed by atoms with van der Waals surface area (Å²) >= 11 is 0. The Morgan fingerprint density at radius 2 is 1.53 bits per heavy atom. The molecule has 0 radical (unpaired) electrons. The van der Waals surface area contributed by atoms with E-state index in [-0.39, 0.29) is 18.9 Å². The molecule has 0 bridgehead atoms. The van der Waals surface area contributed by atoms with Crippen LogP contribution in [0.5, 0.6) is 0 Å². The summed E-state index contributed by atoms with van der Waals surface area (Å²) in [6.07, 6.45) is -4.52. The number of nitrogens with one attached hydrogen (secondary N) is 1. The molecule has 0 spiro atoms. The van der Waals surface area contributed by atoms with Gasteiger partial charge in [-0.3, -0.25) is 4.57 Å². The van der Waals surface area contributed by atoms with Crippen molar-refractivity contribution in [2.75, 3.05) is 18.5 Å². The smallest absolute Gasteiger partial charge is 0.368 e. The summed E-state index contributed by atoms with van der Waals surface area (Å²) in [7, 11) is -3.86. The van der Waals surface area contributed by atoms with E-state index in [4.69, 9.17) is 9.05 Å². The van der Waals surface area contributed by atoms with Crippen LogP contribution in [0, 0.1) is 11.8 Å². The Morgan fingerprint density at radius 1 is 0.882 bits per heavy atom. The van der Waals surface area contributed by atoms with Crippen LogP contribution in [0.25, 0.3) is 0 Å². The lowest BCUT2D eigenvalue weighted by Crippen LogP contribution is -2.17. The van der Waals surface area contributed by atoms with Gasteiger partial charge >= 0.3 is 13.8 Å². The summed E-state index contributed by atoms with van der Waals surface area (Å²) in [4.78, 5) is 0. The van der Waals surface area contributed by atoms with Gasteiger partial charge in [-0.05, 0) is 50.2 Å². The maximum Gasteiger partial charge on any atom is 0.416 e. The van der Waals surface area contributed by atoms with E-state index in [0.29, 0.717) is 11.1 Å². The van der Waals surface area contributed by atoms with Crippen molar-refractivity contribution in [1.82, 2.24) is 0 Å². The number of rotatable bonds is 8. The lowest BCUT2D eigenvalue weighted by atomic mass is 10.1. The van der Waals surface area contributed by atoms with E-state index in [9.17, 15) is 17.7 Å². The van der Waals surface area contributed by atoms with Crippen molar-refractivity contribution < 1.29 is 26.8 Å². The molecule has 0 aliphatic carbocycles. The van der Waals surface area contributed by atoms with Gasteiger partial charge in [0.2, 0.25) is 0 Å². The normalized spacial score (nSPS) is 12.5. The zero-order chi connectivity index (χ0) is 24.6. The lowest BCUT2D eigenvalue weighted by molar-refractivity contribution is -0.137. The van der Waals surface area contributed by atoms with Crippen LogP contribution < -0.4 is 5.32 Å². The molecule has 8 heteroatoms. The second-order valence-electron chi connectivity index (χ2n) is 7.20. The number of alkyl halides is 3. The van der Waals surface area contributed by atoms with Gasteiger partial charge in [0.15, 0.2) is 5.78 Å². The molecule has 1 N–H and O–H groups in total. The molecule has 4 nitrogen and oxygen atoms in total. The van der Waals surface area contributed by atoms with Gasteiger partial charge in [0.05, 0.1) is 18.8 Å². The van der Waals surface area contributed by atoms with Crippen molar-refractivity contribution in [3.8, 4) is 11.8 Å². The highest BCUT2D eigenvalue weighted by Crippen LogP contribution is 2.61. The first-order chi connectivity index (χ1) is 16.3. The average molecular weight is 487 g/mol. The predicted octanol–water partition coefficient (Wildman–Crippen LogP) is 7.48. The topological polar surface area (TPSA) is 47.6 Å². The van der Waals surface area contributed by atoms with Crippen LogP contribution in [0.1, 0.15) is 41.9 Å². The number of hydrogen-bond acceptors (Lipinski definition) is 4. The molecule has 3 rings (SSSR count). The van der Waals surface area contributed by atoms with E-state index < -0.39 is 25.1 Å². The van der Waals surface area contributed by atoms with Gasteiger partial charge in [0, 0.05) is 22.4 Å². The van der Waals surface area contributed by atoms with Crippen molar-refractivity contribution in [2.24, 2.45) is 0 Å². The van der Waals surface area contributed by atoms with Crippen LogP contribution in [0.2, 0.25) is 0 Å². The summed E-state index contributed by atoms with van der Waals surface area (Å²) in [6, 6.07) is 21.0. The largest absolute Gasteiger partial charge is 0.416 e. The fourth-order valence-corrected chi connectivity index (χ4v) is 5.29. The number of halogens is 3. The molecule has 3 aromatic carbocycles. The Bertz CT molecular complexity index is 1190. The second kappa shape index (κ2) is 11.4. The van der Waals surface area contributed by atoms with Crippen molar-refractivity contribution in [1.29, 1.82) is 0 Å². The van der Waals surface area contributed by atoms with E-state index in [1.165, 1.54) is 12.1 Å². The van der Waals surface area contributed by atoms with E-state index >= 15 is 0 Å². The minimum Gasteiger partial charge on any atom is -0.368 e. The highest BCUT2D eigenvalue weighted by Gasteiger charge is 2.39. The highest BCUT2D eigenvalue weighted by molar-refractivity contribution is 7.54. The summed E-state index contributed by atoms with van der Waals surface area (Å²) in [5, 5.41) is 2.98. The van der Waals surface area contributed by atoms with E-state index in [1.807, 2.05) is 30.3 Å². The molecule has 0 aliphatic rings. The van der Waals surface area contributed by atoms with Gasteiger partial charge in [-0.15, -0.1) is 0 Å². The molecule has 3 aromatic rings. The highest BCUT2D eigenvalue weighted by atomic mass is 31.2. The van der Waals surface area contributed by atoms with Crippen LogP contribution in [-0.4, -0.2) is 13.2 Å². The third-order valence-corrected chi connectivity index (χ3v) is 7.07. The molecule has 34 heavy (non-hydrogen) atoms. The van der Waals surface area contributed by atoms with E-state index in [0.717, 1.165) is 17.7 Å². The summed E-state index contributed by atoms with van der Waals surface area (Å²) in [6.45, 7) is 3.54.